The van der Waals surface area contributed by atoms with Gasteiger partial charge in [-0.1, -0.05) is 149 Å². The van der Waals surface area contributed by atoms with Crippen LogP contribution in [-0.4, -0.2) is 6.29 Å². The van der Waals surface area contributed by atoms with Crippen LogP contribution in [0, 0.1) is 5.92 Å². The molecule has 0 aliphatic carbocycles. The van der Waals surface area contributed by atoms with E-state index in [1.807, 2.05) is 0 Å². The monoisotopic (exact) mass is 393 g/mol. The fourth-order valence-corrected chi connectivity index (χ4v) is 4.20. The molecule has 0 rings (SSSR count). The van der Waals surface area contributed by atoms with Crippen molar-refractivity contribution in [3.8, 4) is 0 Å². The summed E-state index contributed by atoms with van der Waals surface area (Å²) in [7, 11) is 0. The highest BCUT2D eigenvalue weighted by Crippen LogP contribution is 2.18. The molecule has 1 unspecified atom stereocenters. The molecule has 0 saturated heterocycles. The third kappa shape index (κ3) is 22.0. The van der Waals surface area contributed by atoms with Crippen LogP contribution in [0.5, 0.6) is 0 Å². The Kier molecular flexibility index (Phi) is 24.4. The standard InChI is InChI=1S/C27H53O/c1-3-5-7-9-11-13-15-17-19-21-23-25-27(26-28)24-22-20-18-16-14-12-10-8-6-4-2/h27H,3-25H2,1-2H3. The highest BCUT2D eigenvalue weighted by Gasteiger charge is 2.07. The van der Waals surface area contributed by atoms with Crippen molar-refractivity contribution in [2.75, 3.05) is 0 Å². The van der Waals surface area contributed by atoms with Gasteiger partial charge in [-0.25, -0.2) is 0 Å². The molecular formula is C27H53O. The summed E-state index contributed by atoms with van der Waals surface area (Å²) in [5, 5.41) is 0. The molecule has 0 aromatic heterocycles. The Bertz CT molecular complexity index is 286. The average Bonchev–Trinajstić information content (AvgIpc) is 2.71. The van der Waals surface area contributed by atoms with E-state index in [0.717, 1.165) is 12.8 Å². The van der Waals surface area contributed by atoms with E-state index in [4.69, 9.17) is 0 Å². The smallest absolute Gasteiger partial charge is 0.201 e. The largest absolute Gasteiger partial charge is 0.291 e. The zero-order chi connectivity index (χ0) is 20.5. The highest BCUT2D eigenvalue weighted by atomic mass is 16.1. The van der Waals surface area contributed by atoms with E-state index < -0.39 is 0 Å². The van der Waals surface area contributed by atoms with Crippen molar-refractivity contribution in [3.63, 3.8) is 0 Å². The summed E-state index contributed by atoms with van der Waals surface area (Å²) in [4.78, 5) is 11.2. The van der Waals surface area contributed by atoms with E-state index >= 15 is 0 Å². The number of unbranched alkanes of at least 4 members (excludes halogenated alkanes) is 19. The molecule has 0 saturated carbocycles. The van der Waals surface area contributed by atoms with Gasteiger partial charge in [-0.15, -0.1) is 0 Å². The van der Waals surface area contributed by atoms with Gasteiger partial charge in [0.2, 0.25) is 6.29 Å². The Hall–Kier alpha value is -0.330. The molecule has 0 spiro atoms. The van der Waals surface area contributed by atoms with Crippen LogP contribution in [0.25, 0.3) is 0 Å². The van der Waals surface area contributed by atoms with Crippen LogP contribution < -0.4 is 0 Å². The second-order valence-corrected chi connectivity index (χ2v) is 9.11. The third-order valence-corrected chi connectivity index (χ3v) is 6.23. The van der Waals surface area contributed by atoms with Crippen LogP contribution in [0.3, 0.4) is 0 Å². The van der Waals surface area contributed by atoms with Gasteiger partial charge in [-0.05, 0) is 12.8 Å². The van der Waals surface area contributed by atoms with Gasteiger partial charge >= 0.3 is 0 Å². The molecule has 167 valence electrons. The molecule has 1 nitrogen and oxygen atoms in total. The first-order valence-electron chi connectivity index (χ1n) is 13.2. The van der Waals surface area contributed by atoms with Crippen molar-refractivity contribution < 1.29 is 4.79 Å². The first kappa shape index (κ1) is 27.7. The minimum atomic E-state index is 0.215. The van der Waals surface area contributed by atoms with Crippen molar-refractivity contribution >= 4 is 6.29 Å². The molecular weight excluding hydrogens is 340 g/mol. The van der Waals surface area contributed by atoms with Crippen LogP contribution in [0.4, 0.5) is 0 Å². The first-order valence-corrected chi connectivity index (χ1v) is 13.2. The van der Waals surface area contributed by atoms with Crippen LogP contribution >= 0.6 is 0 Å². The van der Waals surface area contributed by atoms with Gasteiger partial charge in [0.05, 0.1) is 0 Å². The fraction of sp³-hybridized carbons (Fsp3) is 0.963. The SMILES string of the molecule is CCCCCCCCCCCCCC([C]=O)CCCCCCCCCCCC. The fourth-order valence-electron chi connectivity index (χ4n) is 4.20. The number of hydrogen-bond donors (Lipinski definition) is 0. The molecule has 0 fully saturated rings. The third-order valence-electron chi connectivity index (χ3n) is 6.23. The molecule has 0 bridgehead atoms. The van der Waals surface area contributed by atoms with Gasteiger partial charge in [-0.2, -0.15) is 0 Å². The summed E-state index contributed by atoms with van der Waals surface area (Å²) in [5.41, 5.74) is 0. The van der Waals surface area contributed by atoms with Crippen LogP contribution in [0.15, 0.2) is 0 Å². The van der Waals surface area contributed by atoms with E-state index in [-0.39, 0.29) is 5.92 Å². The maximum absolute atomic E-state index is 11.2. The predicted molar refractivity (Wildman–Crippen MR) is 127 cm³/mol. The van der Waals surface area contributed by atoms with Crippen molar-refractivity contribution in [1.29, 1.82) is 0 Å². The normalized spacial score (nSPS) is 12.4. The van der Waals surface area contributed by atoms with Crippen molar-refractivity contribution in [1.82, 2.24) is 0 Å². The Labute approximate surface area is 178 Å². The molecule has 1 atom stereocenters. The van der Waals surface area contributed by atoms with Gasteiger partial charge in [0.1, 0.15) is 0 Å². The van der Waals surface area contributed by atoms with Gasteiger partial charge < -0.3 is 0 Å². The quantitative estimate of drug-likeness (QED) is 0.149. The Morgan fingerprint density at radius 1 is 0.429 bits per heavy atom. The van der Waals surface area contributed by atoms with E-state index in [1.54, 1.807) is 0 Å². The van der Waals surface area contributed by atoms with Crippen molar-refractivity contribution in [2.24, 2.45) is 5.92 Å². The summed E-state index contributed by atoms with van der Waals surface area (Å²) < 4.78 is 0. The van der Waals surface area contributed by atoms with Crippen LogP contribution in [0.2, 0.25) is 0 Å². The predicted octanol–water partition coefficient (Wildman–Crippen LogP) is 9.72. The number of rotatable bonds is 24. The maximum atomic E-state index is 11.2. The topological polar surface area (TPSA) is 17.1 Å². The highest BCUT2D eigenvalue weighted by molar-refractivity contribution is 5.54. The molecule has 1 radical (unpaired) electrons. The Morgan fingerprint density at radius 2 is 0.679 bits per heavy atom. The lowest BCUT2D eigenvalue weighted by atomic mass is 9.95. The number of carbonyl (C=O) groups excluding carboxylic acids is 1. The molecule has 0 N–H and O–H groups in total. The molecule has 0 aliphatic rings. The second-order valence-electron chi connectivity index (χ2n) is 9.11. The van der Waals surface area contributed by atoms with Gasteiger partial charge in [0.15, 0.2) is 0 Å². The van der Waals surface area contributed by atoms with E-state index in [9.17, 15) is 4.79 Å². The van der Waals surface area contributed by atoms with E-state index in [2.05, 4.69) is 20.1 Å². The molecule has 0 aliphatic heterocycles. The summed E-state index contributed by atoms with van der Waals surface area (Å²) >= 11 is 0. The van der Waals surface area contributed by atoms with Crippen LogP contribution in [0.1, 0.15) is 162 Å². The van der Waals surface area contributed by atoms with Gasteiger partial charge in [-0.3, -0.25) is 4.79 Å². The van der Waals surface area contributed by atoms with Gasteiger partial charge in [0.25, 0.3) is 0 Å². The lowest BCUT2D eigenvalue weighted by molar-refractivity contribution is 0.449. The molecule has 28 heavy (non-hydrogen) atoms. The second kappa shape index (κ2) is 24.7. The summed E-state index contributed by atoms with van der Waals surface area (Å²) in [5.74, 6) is 0.215. The minimum absolute atomic E-state index is 0.215. The van der Waals surface area contributed by atoms with Crippen LogP contribution in [-0.2, 0) is 4.79 Å². The minimum Gasteiger partial charge on any atom is -0.291 e. The molecule has 0 aromatic carbocycles. The molecule has 0 amide bonds. The molecule has 0 aromatic rings. The maximum Gasteiger partial charge on any atom is 0.201 e. The first-order chi connectivity index (χ1) is 13.8. The zero-order valence-corrected chi connectivity index (χ0v) is 19.7. The lowest BCUT2D eigenvalue weighted by Crippen LogP contribution is -2.02. The Balaban J connectivity index is 3.28. The summed E-state index contributed by atoms with van der Waals surface area (Å²) in [6, 6.07) is 0. The van der Waals surface area contributed by atoms with Crippen molar-refractivity contribution in [3.05, 3.63) is 0 Å². The molecule has 0 heterocycles. The summed E-state index contributed by atoms with van der Waals surface area (Å²) in [6.45, 7) is 4.56. The van der Waals surface area contributed by atoms with Gasteiger partial charge in [0, 0.05) is 5.92 Å². The van der Waals surface area contributed by atoms with E-state index in [0.29, 0.717) is 0 Å². The lowest BCUT2D eigenvalue weighted by Gasteiger charge is -2.09. The Morgan fingerprint density at radius 3 is 0.929 bits per heavy atom. The summed E-state index contributed by atoms with van der Waals surface area (Å²) in [6.07, 6.45) is 33.4. The van der Waals surface area contributed by atoms with E-state index in [1.165, 1.54) is 135 Å². The zero-order valence-electron chi connectivity index (χ0n) is 19.7. The number of hydrogen-bond acceptors (Lipinski definition) is 1. The van der Waals surface area contributed by atoms with Crippen molar-refractivity contribution in [2.45, 2.75) is 162 Å². The molecule has 1 heteroatoms. The average molecular weight is 394 g/mol.